The van der Waals surface area contributed by atoms with Crippen molar-refractivity contribution in [2.45, 2.75) is 51.1 Å². The molecule has 6 nitrogen and oxygen atoms in total. The van der Waals surface area contributed by atoms with Gasteiger partial charge in [0.1, 0.15) is 11.9 Å². The van der Waals surface area contributed by atoms with E-state index in [4.69, 9.17) is 9.47 Å². The maximum Gasteiger partial charge on any atom is 0.416 e. The SMILES string of the molecule is C[C@H]1[C@@H](c2ccccc2)OC(=O)N1Cc1cc(C(F)(F)F)ccc1-c1cc(CC(=O)O)ccc1OCC1CC1. The number of nitrogens with zero attached hydrogens (tertiary/aromatic N) is 1. The van der Waals surface area contributed by atoms with Crippen LogP contribution in [0.1, 0.15) is 48.1 Å². The van der Waals surface area contributed by atoms with Gasteiger partial charge in [0.05, 0.1) is 31.2 Å². The van der Waals surface area contributed by atoms with Crippen LogP contribution in [0.2, 0.25) is 0 Å². The predicted molar refractivity (Wildman–Crippen MR) is 137 cm³/mol. The normalized spacial score (nSPS) is 19.2. The highest BCUT2D eigenvalue weighted by Crippen LogP contribution is 2.41. The van der Waals surface area contributed by atoms with E-state index in [-0.39, 0.29) is 18.5 Å². The van der Waals surface area contributed by atoms with Gasteiger partial charge in [-0.05, 0) is 72.2 Å². The Bertz CT molecular complexity index is 1370. The lowest BCUT2D eigenvalue weighted by Gasteiger charge is -2.24. The molecule has 204 valence electrons. The van der Waals surface area contributed by atoms with E-state index in [1.54, 1.807) is 25.1 Å². The van der Waals surface area contributed by atoms with E-state index in [2.05, 4.69) is 0 Å². The molecule has 2 fully saturated rings. The second-order valence-corrected chi connectivity index (χ2v) is 10.1. The zero-order valence-electron chi connectivity index (χ0n) is 21.3. The maximum atomic E-state index is 13.8. The Morgan fingerprint density at radius 1 is 1.05 bits per heavy atom. The molecule has 1 heterocycles. The Morgan fingerprint density at radius 2 is 1.79 bits per heavy atom. The summed E-state index contributed by atoms with van der Waals surface area (Å²) in [5.41, 5.74) is 1.61. The fraction of sp³-hybridized carbons (Fsp3) is 0.333. The zero-order valence-corrected chi connectivity index (χ0v) is 21.3. The highest BCUT2D eigenvalue weighted by atomic mass is 19.4. The summed E-state index contributed by atoms with van der Waals surface area (Å²) in [6.45, 7) is 2.14. The Morgan fingerprint density at radius 3 is 2.46 bits per heavy atom. The molecule has 2 atom stereocenters. The Kier molecular flexibility index (Phi) is 7.25. The van der Waals surface area contributed by atoms with Crippen LogP contribution in [0.25, 0.3) is 11.1 Å². The lowest BCUT2D eigenvalue weighted by Crippen LogP contribution is -2.31. The van der Waals surface area contributed by atoms with Crippen LogP contribution in [0, 0.1) is 5.92 Å². The standard InChI is InChI=1S/C30H28F3NO5/c1-18-28(21-5-3-2-4-6-21)39-29(37)34(18)16-22-15-23(30(31,32)33)10-11-24(22)25-13-20(14-27(35)36)9-12-26(25)38-17-19-7-8-19/h2-6,9-13,15,18-19,28H,7-8,14,16-17H2,1H3,(H,35,36)/t18-,28-/m0/s1. The molecule has 1 N–H and O–H groups in total. The van der Waals surface area contributed by atoms with E-state index in [9.17, 15) is 27.9 Å². The Balaban J connectivity index is 1.55. The summed E-state index contributed by atoms with van der Waals surface area (Å²) in [6.07, 6.45) is -3.92. The van der Waals surface area contributed by atoms with Gasteiger partial charge in [-0.15, -0.1) is 0 Å². The van der Waals surface area contributed by atoms with E-state index in [1.165, 1.54) is 11.0 Å². The first kappa shape index (κ1) is 26.6. The van der Waals surface area contributed by atoms with E-state index in [0.717, 1.165) is 30.5 Å². The van der Waals surface area contributed by atoms with Crippen molar-refractivity contribution >= 4 is 12.1 Å². The van der Waals surface area contributed by atoms with Gasteiger partial charge in [0.25, 0.3) is 0 Å². The summed E-state index contributed by atoms with van der Waals surface area (Å²) in [5, 5.41) is 9.32. The molecule has 1 saturated heterocycles. The highest BCUT2D eigenvalue weighted by molar-refractivity contribution is 5.78. The van der Waals surface area contributed by atoms with Gasteiger partial charge in [0.2, 0.25) is 0 Å². The van der Waals surface area contributed by atoms with Gasteiger partial charge in [-0.3, -0.25) is 9.69 Å². The Hall–Kier alpha value is -4.01. The number of carboxylic acids is 1. The molecule has 1 saturated carbocycles. The minimum absolute atomic E-state index is 0.131. The van der Waals surface area contributed by atoms with E-state index >= 15 is 0 Å². The number of aliphatic carboxylic acids is 1. The molecule has 0 aromatic heterocycles. The molecule has 5 rings (SSSR count). The van der Waals surface area contributed by atoms with Gasteiger partial charge in [-0.25, -0.2) is 4.79 Å². The molecule has 1 amide bonds. The quantitative estimate of drug-likeness (QED) is 0.321. The second kappa shape index (κ2) is 10.6. The first-order chi connectivity index (χ1) is 18.6. The Labute approximate surface area is 224 Å². The summed E-state index contributed by atoms with van der Waals surface area (Å²) in [4.78, 5) is 25.7. The minimum Gasteiger partial charge on any atom is -0.493 e. The average molecular weight is 540 g/mol. The van der Waals surface area contributed by atoms with Crippen molar-refractivity contribution < 1.29 is 37.3 Å². The van der Waals surface area contributed by atoms with Crippen molar-refractivity contribution in [3.05, 3.63) is 89.0 Å². The first-order valence-electron chi connectivity index (χ1n) is 12.8. The molecule has 1 aliphatic carbocycles. The van der Waals surface area contributed by atoms with Crippen LogP contribution in [0.4, 0.5) is 18.0 Å². The molecule has 1 aliphatic heterocycles. The number of hydrogen-bond donors (Lipinski definition) is 1. The van der Waals surface area contributed by atoms with Crippen molar-refractivity contribution in [1.82, 2.24) is 4.90 Å². The lowest BCUT2D eigenvalue weighted by atomic mass is 9.93. The molecule has 9 heteroatoms. The molecule has 0 radical (unpaired) electrons. The van der Waals surface area contributed by atoms with Crippen LogP contribution in [-0.2, 0) is 28.7 Å². The molecular formula is C30H28F3NO5. The number of carbonyl (C=O) groups is 2. The van der Waals surface area contributed by atoms with Gasteiger partial charge < -0.3 is 14.6 Å². The van der Waals surface area contributed by atoms with Crippen molar-refractivity contribution in [2.24, 2.45) is 5.92 Å². The molecule has 0 unspecified atom stereocenters. The number of carbonyl (C=O) groups excluding carboxylic acids is 1. The summed E-state index contributed by atoms with van der Waals surface area (Å²) < 4.78 is 52.9. The first-order valence-corrected chi connectivity index (χ1v) is 12.8. The molecule has 39 heavy (non-hydrogen) atoms. The number of alkyl halides is 3. The molecule has 2 aliphatic rings. The van der Waals surface area contributed by atoms with Crippen LogP contribution in [-0.4, -0.2) is 34.7 Å². The fourth-order valence-electron chi connectivity index (χ4n) is 4.84. The summed E-state index contributed by atoms with van der Waals surface area (Å²) in [6, 6.07) is 17.1. The largest absolute Gasteiger partial charge is 0.493 e. The number of amides is 1. The lowest BCUT2D eigenvalue weighted by molar-refractivity contribution is -0.138. The third kappa shape index (κ3) is 6.02. The van der Waals surface area contributed by atoms with E-state index in [0.29, 0.717) is 35.0 Å². The third-order valence-electron chi connectivity index (χ3n) is 7.15. The summed E-state index contributed by atoms with van der Waals surface area (Å²) in [7, 11) is 0. The van der Waals surface area contributed by atoms with Crippen molar-refractivity contribution in [3.8, 4) is 16.9 Å². The van der Waals surface area contributed by atoms with Crippen molar-refractivity contribution in [2.75, 3.05) is 6.61 Å². The van der Waals surface area contributed by atoms with Crippen LogP contribution < -0.4 is 4.74 Å². The predicted octanol–water partition coefficient (Wildman–Crippen LogP) is 6.87. The molecular weight excluding hydrogens is 511 g/mol. The number of ether oxygens (including phenoxy) is 2. The van der Waals surface area contributed by atoms with Gasteiger partial charge in [-0.2, -0.15) is 13.2 Å². The number of benzene rings is 3. The van der Waals surface area contributed by atoms with Gasteiger partial charge in [-0.1, -0.05) is 42.5 Å². The molecule has 3 aromatic rings. The number of halogens is 3. The molecule has 3 aromatic carbocycles. The average Bonchev–Trinajstić information content (AvgIpc) is 3.69. The van der Waals surface area contributed by atoms with Gasteiger partial charge in [0, 0.05) is 5.56 Å². The van der Waals surface area contributed by atoms with Crippen LogP contribution >= 0.6 is 0 Å². The summed E-state index contributed by atoms with van der Waals surface area (Å²) >= 11 is 0. The maximum absolute atomic E-state index is 13.8. The van der Waals surface area contributed by atoms with E-state index < -0.39 is 35.9 Å². The monoisotopic (exact) mass is 539 g/mol. The van der Waals surface area contributed by atoms with Crippen molar-refractivity contribution in [1.29, 1.82) is 0 Å². The fourth-order valence-corrected chi connectivity index (χ4v) is 4.84. The number of hydrogen-bond acceptors (Lipinski definition) is 4. The molecule has 0 bridgehead atoms. The molecule has 0 spiro atoms. The third-order valence-corrected chi connectivity index (χ3v) is 7.15. The van der Waals surface area contributed by atoms with Crippen LogP contribution in [0.15, 0.2) is 66.7 Å². The van der Waals surface area contributed by atoms with E-state index in [1.807, 2.05) is 30.3 Å². The van der Waals surface area contributed by atoms with Gasteiger partial charge in [0.15, 0.2) is 0 Å². The highest BCUT2D eigenvalue weighted by Gasteiger charge is 2.40. The smallest absolute Gasteiger partial charge is 0.416 e. The number of carboxylic acid groups (broad SMARTS) is 1. The number of cyclic esters (lactones) is 1. The number of rotatable bonds is 9. The topological polar surface area (TPSA) is 76.1 Å². The zero-order chi connectivity index (χ0) is 27.7. The van der Waals surface area contributed by atoms with Crippen molar-refractivity contribution in [3.63, 3.8) is 0 Å². The van der Waals surface area contributed by atoms with Crippen LogP contribution in [0.5, 0.6) is 5.75 Å². The summed E-state index contributed by atoms with van der Waals surface area (Å²) in [5.74, 6) is -0.143. The van der Waals surface area contributed by atoms with Gasteiger partial charge >= 0.3 is 18.2 Å². The van der Waals surface area contributed by atoms with Crippen LogP contribution in [0.3, 0.4) is 0 Å². The minimum atomic E-state index is -4.59. The second-order valence-electron chi connectivity index (χ2n) is 10.1.